The average Bonchev–Trinajstić information content (AvgIpc) is 2.29. The van der Waals surface area contributed by atoms with Crippen LogP contribution in [0.3, 0.4) is 0 Å². The minimum absolute atomic E-state index is 0.311. The highest BCUT2D eigenvalue weighted by atomic mass is 15.2. The number of hydrogen-bond acceptors (Lipinski definition) is 2. The van der Waals surface area contributed by atoms with Gasteiger partial charge in [-0.3, -0.25) is 11.3 Å². The van der Waals surface area contributed by atoms with Gasteiger partial charge in [0.1, 0.15) is 0 Å². The maximum absolute atomic E-state index is 5.38. The number of fused-ring (bicyclic) bond motifs is 1. The first-order valence-corrected chi connectivity index (χ1v) is 5.23. The highest BCUT2D eigenvalue weighted by molar-refractivity contribution is 5.82. The van der Waals surface area contributed by atoms with Crippen molar-refractivity contribution in [2.45, 2.75) is 19.4 Å². The van der Waals surface area contributed by atoms with Gasteiger partial charge in [-0.1, -0.05) is 42.5 Å². The Balaban J connectivity index is 2.30. The van der Waals surface area contributed by atoms with Crippen molar-refractivity contribution in [1.82, 2.24) is 5.43 Å². The monoisotopic (exact) mass is 200 g/mol. The zero-order chi connectivity index (χ0) is 10.7. The minimum atomic E-state index is 0.311. The van der Waals surface area contributed by atoms with Crippen LogP contribution in [0.1, 0.15) is 12.5 Å². The van der Waals surface area contributed by atoms with Crippen LogP contribution in [0, 0.1) is 0 Å². The first kappa shape index (κ1) is 10.1. The van der Waals surface area contributed by atoms with Crippen molar-refractivity contribution in [2.24, 2.45) is 5.84 Å². The molecule has 2 aromatic carbocycles. The Hall–Kier alpha value is -1.38. The number of hydrogen-bond donors (Lipinski definition) is 2. The Morgan fingerprint density at radius 1 is 1.13 bits per heavy atom. The summed E-state index contributed by atoms with van der Waals surface area (Å²) in [6, 6.07) is 15.3. The Morgan fingerprint density at radius 3 is 2.60 bits per heavy atom. The topological polar surface area (TPSA) is 38.0 Å². The predicted octanol–water partition coefficient (Wildman–Crippen LogP) is 2.23. The lowest BCUT2D eigenvalue weighted by molar-refractivity contribution is 0.568. The largest absolute Gasteiger partial charge is 0.271 e. The molecule has 0 bridgehead atoms. The second-order valence-corrected chi connectivity index (χ2v) is 3.95. The summed E-state index contributed by atoms with van der Waals surface area (Å²) in [5.41, 5.74) is 4.08. The van der Waals surface area contributed by atoms with Gasteiger partial charge in [0.15, 0.2) is 0 Å². The van der Waals surface area contributed by atoms with Crippen molar-refractivity contribution < 1.29 is 0 Å². The van der Waals surface area contributed by atoms with E-state index in [-0.39, 0.29) is 0 Å². The molecule has 0 saturated heterocycles. The van der Waals surface area contributed by atoms with Crippen molar-refractivity contribution in [1.29, 1.82) is 0 Å². The molecule has 15 heavy (non-hydrogen) atoms. The first-order chi connectivity index (χ1) is 7.29. The molecule has 2 heteroatoms. The molecule has 2 rings (SSSR count). The lowest BCUT2D eigenvalue weighted by Crippen LogP contribution is -2.34. The van der Waals surface area contributed by atoms with Crippen LogP contribution in [-0.2, 0) is 6.42 Å². The summed E-state index contributed by atoms with van der Waals surface area (Å²) in [7, 11) is 0. The predicted molar refractivity (Wildman–Crippen MR) is 64.4 cm³/mol. The van der Waals surface area contributed by atoms with E-state index in [0.29, 0.717) is 6.04 Å². The molecule has 2 nitrogen and oxygen atoms in total. The summed E-state index contributed by atoms with van der Waals surface area (Å²) in [5, 5.41) is 2.58. The standard InChI is InChI=1S/C13H16N2/c1-10(15-14)8-11-6-7-12-4-2-3-5-13(12)9-11/h2-7,9-10,15H,8,14H2,1H3. The summed E-state index contributed by atoms with van der Waals surface area (Å²) >= 11 is 0. The minimum Gasteiger partial charge on any atom is -0.271 e. The SMILES string of the molecule is CC(Cc1ccc2ccccc2c1)NN. The fourth-order valence-corrected chi connectivity index (χ4v) is 1.78. The summed E-state index contributed by atoms with van der Waals surface area (Å²) in [5.74, 6) is 5.38. The third kappa shape index (κ3) is 2.35. The molecule has 0 spiro atoms. The molecular formula is C13H16N2. The van der Waals surface area contributed by atoms with Crippen LogP contribution in [0.5, 0.6) is 0 Å². The van der Waals surface area contributed by atoms with Gasteiger partial charge in [0.05, 0.1) is 0 Å². The van der Waals surface area contributed by atoms with Gasteiger partial charge >= 0.3 is 0 Å². The van der Waals surface area contributed by atoms with E-state index in [1.807, 2.05) is 0 Å². The number of hydrazine groups is 1. The fourth-order valence-electron chi connectivity index (χ4n) is 1.78. The van der Waals surface area contributed by atoms with Gasteiger partial charge in [-0.15, -0.1) is 0 Å². The maximum Gasteiger partial charge on any atom is 0.0222 e. The molecule has 0 radical (unpaired) electrons. The third-order valence-electron chi connectivity index (χ3n) is 2.64. The van der Waals surface area contributed by atoms with Crippen LogP contribution in [0.4, 0.5) is 0 Å². The molecular weight excluding hydrogens is 184 g/mol. The second kappa shape index (κ2) is 4.43. The van der Waals surface area contributed by atoms with Crippen molar-refractivity contribution >= 4 is 10.8 Å². The van der Waals surface area contributed by atoms with Gasteiger partial charge in [0.2, 0.25) is 0 Å². The van der Waals surface area contributed by atoms with Crippen LogP contribution >= 0.6 is 0 Å². The van der Waals surface area contributed by atoms with Gasteiger partial charge in [-0.2, -0.15) is 0 Å². The van der Waals surface area contributed by atoms with Crippen LogP contribution in [0.25, 0.3) is 10.8 Å². The summed E-state index contributed by atoms with van der Waals surface area (Å²) in [6.07, 6.45) is 0.960. The van der Waals surface area contributed by atoms with E-state index in [9.17, 15) is 0 Å². The van der Waals surface area contributed by atoms with Crippen LogP contribution in [0.15, 0.2) is 42.5 Å². The highest BCUT2D eigenvalue weighted by Crippen LogP contribution is 2.16. The number of nitrogens with one attached hydrogen (secondary N) is 1. The van der Waals surface area contributed by atoms with E-state index in [1.54, 1.807) is 0 Å². The molecule has 0 aromatic heterocycles. The average molecular weight is 200 g/mol. The molecule has 78 valence electrons. The fraction of sp³-hybridized carbons (Fsp3) is 0.231. The quantitative estimate of drug-likeness (QED) is 0.589. The van der Waals surface area contributed by atoms with E-state index in [0.717, 1.165) is 6.42 Å². The lowest BCUT2D eigenvalue weighted by atomic mass is 10.0. The second-order valence-electron chi connectivity index (χ2n) is 3.95. The summed E-state index contributed by atoms with van der Waals surface area (Å²) < 4.78 is 0. The molecule has 0 aliphatic rings. The zero-order valence-corrected chi connectivity index (χ0v) is 8.90. The molecule has 0 fully saturated rings. The van der Waals surface area contributed by atoms with Gasteiger partial charge < -0.3 is 0 Å². The lowest BCUT2D eigenvalue weighted by Gasteiger charge is -2.10. The highest BCUT2D eigenvalue weighted by Gasteiger charge is 2.01. The van der Waals surface area contributed by atoms with Crippen molar-refractivity contribution in [3.63, 3.8) is 0 Å². The van der Waals surface area contributed by atoms with E-state index < -0.39 is 0 Å². The Morgan fingerprint density at radius 2 is 1.87 bits per heavy atom. The number of rotatable bonds is 3. The van der Waals surface area contributed by atoms with Gasteiger partial charge in [-0.25, -0.2) is 0 Å². The van der Waals surface area contributed by atoms with Crippen molar-refractivity contribution in [2.75, 3.05) is 0 Å². The number of benzene rings is 2. The third-order valence-corrected chi connectivity index (χ3v) is 2.64. The molecule has 0 amide bonds. The Kier molecular flexibility index (Phi) is 2.99. The smallest absolute Gasteiger partial charge is 0.0222 e. The van der Waals surface area contributed by atoms with Crippen LogP contribution in [-0.4, -0.2) is 6.04 Å². The van der Waals surface area contributed by atoms with Gasteiger partial charge in [-0.05, 0) is 29.7 Å². The molecule has 0 aliphatic carbocycles. The molecule has 3 N–H and O–H groups in total. The molecule has 2 aromatic rings. The molecule has 0 heterocycles. The van der Waals surface area contributed by atoms with Crippen molar-refractivity contribution in [3.8, 4) is 0 Å². The maximum atomic E-state index is 5.38. The van der Waals surface area contributed by atoms with Crippen LogP contribution in [0.2, 0.25) is 0 Å². The summed E-state index contributed by atoms with van der Waals surface area (Å²) in [4.78, 5) is 0. The zero-order valence-electron chi connectivity index (χ0n) is 8.90. The number of nitrogens with two attached hydrogens (primary N) is 1. The van der Waals surface area contributed by atoms with E-state index >= 15 is 0 Å². The molecule has 1 atom stereocenters. The Bertz CT molecular complexity index is 451. The normalized spacial score (nSPS) is 12.9. The van der Waals surface area contributed by atoms with E-state index in [4.69, 9.17) is 5.84 Å². The molecule has 1 unspecified atom stereocenters. The van der Waals surface area contributed by atoms with Gasteiger partial charge in [0, 0.05) is 6.04 Å². The molecule has 0 saturated carbocycles. The van der Waals surface area contributed by atoms with E-state index in [2.05, 4.69) is 54.8 Å². The van der Waals surface area contributed by atoms with Crippen LogP contribution < -0.4 is 11.3 Å². The van der Waals surface area contributed by atoms with Crippen molar-refractivity contribution in [3.05, 3.63) is 48.0 Å². The van der Waals surface area contributed by atoms with Gasteiger partial charge in [0.25, 0.3) is 0 Å². The summed E-state index contributed by atoms with van der Waals surface area (Å²) in [6.45, 7) is 2.08. The Labute approximate surface area is 90.1 Å². The first-order valence-electron chi connectivity index (χ1n) is 5.23. The molecule has 0 aliphatic heterocycles. The van der Waals surface area contributed by atoms with E-state index in [1.165, 1.54) is 16.3 Å².